The van der Waals surface area contributed by atoms with Gasteiger partial charge < -0.3 is 10.2 Å². The van der Waals surface area contributed by atoms with Crippen LogP contribution in [0.2, 0.25) is 0 Å². The van der Waals surface area contributed by atoms with Crippen LogP contribution in [0, 0.1) is 0 Å². The lowest BCUT2D eigenvalue weighted by atomic mass is 10.1. The normalized spacial score (nSPS) is 21.3. The molecule has 1 fully saturated rings. The summed E-state index contributed by atoms with van der Waals surface area (Å²) >= 11 is 0. The molecule has 1 saturated heterocycles. The summed E-state index contributed by atoms with van der Waals surface area (Å²) in [4.78, 5) is 3.91. The lowest BCUT2D eigenvalue weighted by molar-refractivity contribution is 0.0902. The summed E-state index contributed by atoms with van der Waals surface area (Å²) < 4.78 is 32.6. The number of sulfonamides is 1. The van der Waals surface area contributed by atoms with Gasteiger partial charge in [0.05, 0.1) is 6.10 Å². The van der Waals surface area contributed by atoms with E-state index in [4.69, 9.17) is 10.6 Å². The molecular weight excluding hydrogens is 268 g/mol. The molecule has 0 spiro atoms. The molecule has 0 aromatic carbocycles. The predicted octanol–water partition coefficient (Wildman–Crippen LogP) is 0.213. The van der Waals surface area contributed by atoms with Crippen molar-refractivity contribution >= 4 is 15.8 Å². The number of hydrogen-bond acceptors (Lipinski definition) is 6. The minimum Gasteiger partial charge on any atom is -0.377 e. The van der Waals surface area contributed by atoms with Gasteiger partial charge in [0.2, 0.25) is 10.0 Å². The molecule has 2 rings (SSSR count). The molecule has 2 heterocycles. The van der Waals surface area contributed by atoms with E-state index in [9.17, 15) is 8.42 Å². The van der Waals surface area contributed by atoms with E-state index in [0.29, 0.717) is 6.61 Å². The van der Waals surface area contributed by atoms with E-state index in [1.54, 1.807) is 13.0 Å². The highest BCUT2D eigenvalue weighted by Crippen LogP contribution is 2.20. The van der Waals surface area contributed by atoms with Gasteiger partial charge in [-0.05, 0) is 31.9 Å². The molecule has 19 heavy (non-hydrogen) atoms. The number of hydrazine groups is 1. The van der Waals surface area contributed by atoms with Gasteiger partial charge in [0.15, 0.2) is 5.82 Å². The summed E-state index contributed by atoms with van der Waals surface area (Å²) in [6.45, 7) is 2.47. The summed E-state index contributed by atoms with van der Waals surface area (Å²) in [7, 11) is -3.67. The number of hydrogen-bond donors (Lipinski definition) is 3. The molecule has 7 nitrogen and oxygen atoms in total. The quantitative estimate of drug-likeness (QED) is 0.528. The fourth-order valence-corrected chi connectivity index (χ4v) is 3.49. The van der Waals surface area contributed by atoms with Crippen LogP contribution in [0.4, 0.5) is 5.82 Å². The molecule has 1 aromatic heterocycles. The van der Waals surface area contributed by atoms with E-state index in [-0.39, 0.29) is 22.9 Å². The van der Waals surface area contributed by atoms with E-state index in [0.717, 1.165) is 12.8 Å². The second-order valence-corrected chi connectivity index (χ2v) is 6.14. The Hall–Kier alpha value is -1.22. The summed E-state index contributed by atoms with van der Waals surface area (Å²) in [5.41, 5.74) is 2.28. The van der Waals surface area contributed by atoms with Crippen LogP contribution < -0.4 is 16.0 Å². The van der Waals surface area contributed by atoms with Crippen molar-refractivity contribution in [2.75, 3.05) is 12.0 Å². The highest BCUT2D eigenvalue weighted by molar-refractivity contribution is 7.89. The molecule has 4 N–H and O–H groups in total. The van der Waals surface area contributed by atoms with Crippen LogP contribution in [0.3, 0.4) is 0 Å². The van der Waals surface area contributed by atoms with Crippen molar-refractivity contribution in [3.8, 4) is 0 Å². The van der Waals surface area contributed by atoms with Crippen LogP contribution in [-0.2, 0) is 14.8 Å². The van der Waals surface area contributed by atoms with Gasteiger partial charge in [-0.1, -0.05) is 0 Å². The third-order valence-electron chi connectivity index (χ3n) is 3.06. The van der Waals surface area contributed by atoms with Crippen LogP contribution in [0.15, 0.2) is 23.2 Å². The first-order chi connectivity index (χ1) is 9.04. The first-order valence-corrected chi connectivity index (χ1v) is 7.58. The number of ether oxygens (including phenoxy) is 1. The van der Waals surface area contributed by atoms with Crippen LogP contribution in [0.25, 0.3) is 0 Å². The van der Waals surface area contributed by atoms with Crippen molar-refractivity contribution in [3.63, 3.8) is 0 Å². The molecule has 1 aliphatic heterocycles. The van der Waals surface area contributed by atoms with Crippen LogP contribution in [-0.4, -0.2) is 32.2 Å². The summed E-state index contributed by atoms with van der Waals surface area (Å²) in [5.74, 6) is 5.39. The lowest BCUT2D eigenvalue weighted by Crippen LogP contribution is -2.41. The first kappa shape index (κ1) is 14.2. The summed E-state index contributed by atoms with van der Waals surface area (Å²) in [6.07, 6.45) is 3.20. The van der Waals surface area contributed by atoms with E-state index in [2.05, 4.69) is 15.1 Å². The second kappa shape index (κ2) is 5.83. The number of nitrogens with one attached hydrogen (secondary N) is 2. The van der Waals surface area contributed by atoms with Gasteiger partial charge in [0, 0.05) is 18.8 Å². The Kier molecular flexibility index (Phi) is 4.35. The van der Waals surface area contributed by atoms with Gasteiger partial charge in [0.25, 0.3) is 0 Å². The largest absolute Gasteiger partial charge is 0.377 e. The van der Waals surface area contributed by atoms with E-state index >= 15 is 0 Å². The number of anilines is 1. The van der Waals surface area contributed by atoms with Crippen molar-refractivity contribution in [1.29, 1.82) is 0 Å². The molecule has 0 amide bonds. The minimum absolute atomic E-state index is 0.0300. The van der Waals surface area contributed by atoms with E-state index in [1.807, 2.05) is 0 Å². The molecule has 0 bridgehead atoms. The van der Waals surface area contributed by atoms with Crippen molar-refractivity contribution < 1.29 is 13.2 Å². The van der Waals surface area contributed by atoms with Gasteiger partial charge in [0.1, 0.15) is 4.90 Å². The Morgan fingerprint density at radius 3 is 3.00 bits per heavy atom. The average Bonchev–Trinajstić information content (AvgIpc) is 2.92. The highest BCUT2D eigenvalue weighted by Gasteiger charge is 2.28. The van der Waals surface area contributed by atoms with Crippen molar-refractivity contribution in [2.24, 2.45) is 5.84 Å². The highest BCUT2D eigenvalue weighted by atomic mass is 32.2. The van der Waals surface area contributed by atoms with Crippen molar-refractivity contribution in [1.82, 2.24) is 9.71 Å². The van der Waals surface area contributed by atoms with Crippen molar-refractivity contribution in [2.45, 2.75) is 36.8 Å². The smallest absolute Gasteiger partial charge is 0.244 e. The van der Waals surface area contributed by atoms with Gasteiger partial charge in [-0.2, -0.15) is 0 Å². The van der Waals surface area contributed by atoms with Gasteiger partial charge >= 0.3 is 0 Å². The Balaban J connectivity index is 2.17. The molecule has 0 radical (unpaired) electrons. The van der Waals surface area contributed by atoms with E-state index < -0.39 is 10.0 Å². The number of nitrogens with zero attached hydrogens (tertiary/aromatic N) is 1. The van der Waals surface area contributed by atoms with Crippen LogP contribution in [0.1, 0.15) is 19.8 Å². The summed E-state index contributed by atoms with van der Waals surface area (Å²) in [5, 5.41) is 0. The fourth-order valence-electron chi connectivity index (χ4n) is 2.10. The summed E-state index contributed by atoms with van der Waals surface area (Å²) in [6, 6.07) is 2.71. The molecule has 1 aliphatic rings. The topological polar surface area (TPSA) is 106 Å². The first-order valence-electron chi connectivity index (χ1n) is 6.10. The maximum Gasteiger partial charge on any atom is 0.244 e. The third-order valence-corrected chi connectivity index (χ3v) is 4.65. The predicted molar refractivity (Wildman–Crippen MR) is 70.8 cm³/mol. The molecule has 8 heteroatoms. The molecule has 2 atom stereocenters. The zero-order valence-corrected chi connectivity index (χ0v) is 11.5. The maximum atomic E-state index is 12.3. The SMILES string of the molecule is CC(NS(=O)(=O)c1cccnc1NN)C1CCCO1. The Bertz CT molecular complexity index is 528. The Morgan fingerprint density at radius 1 is 1.58 bits per heavy atom. The lowest BCUT2D eigenvalue weighted by Gasteiger charge is -2.20. The minimum atomic E-state index is -3.67. The number of rotatable bonds is 5. The molecular formula is C11H18N4O3S. The maximum absolute atomic E-state index is 12.3. The molecule has 2 unspecified atom stereocenters. The Morgan fingerprint density at radius 2 is 2.37 bits per heavy atom. The fraction of sp³-hybridized carbons (Fsp3) is 0.545. The van der Waals surface area contributed by atoms with Gasteiger partial charge in [-0.25, -0.2) is 24.0 Å². The van der Waals surface area contributed by atoms with Crippen LogP contribution in [0.5, 0.6) is 0 Å². The van der Waals surface area contributed by atoms with Gasteiger partial charge in [-0.15, -0.1) is 0 Å². The van der Waals surface area contributed by atoms with Gasteiger partial charge in [-0.3, -0.25) is 0 Å². The number of pyridine rings is 1. The van der Waals surface area contributed by atoms with Crippen molar-refractivity contribution in [3.05, 3.63) is 18.3 Å². The molecule has 1 aromatic rings. The zero-order valence-electron chi connectivity index (χ0n) is 10.7. The number of aromatic nitrogens is 1. The van der Waals surface area contributed by atoms with Crippen LogP contribution >= 0.6 is 0 Å². The number of nitrogens with two attached hydrogens (primary N) is 1. The third kappa shape index (κ3) is 3.21. The molecule has 0 aliphatic carbocycles. The zero-order chi connectivity index (χ0) is 13.9. The second-order valence-electron chi connectivity index (χ2n) is 4.46. The standard InChI is InChI=1S/C11H18N4O3S/c1-8(9-4-3-7-18-9)15-19(16,17)10-5-2-6-13-11(10)14-12/h2,5-6,8-9,15H,3-4,7,12H2,1H3,(H,13,14). The average molecular weight is 286 g/mol. The Labute approximate surface area is 112 Å². The molecule has 0 saturated carbocycles. The van der Waals surface area contributed by atoms with E-state index in [1.165, 1.54) is 12.3 Å². The number of nitrogen functional groups attached to an aromatic ring is 1. The monoisotopic (exact) mass is 286 g/mol. The molecule has 106 valence electrons.